The molecule has 4 aromatic rings. The number of ether oxygens (including phenoxy) is 4. The molecule has 11 nitrogen and oxygen atoms in total. The SMILES string of the molecule is CCOC(=O)c1c(NC(=O)C(Sc2cccc(NC(=O)c3c(OC)cccc3OC)c2)c2ccccc2)sc2c1CCN(C(=O)OC(C)(C)C)C2. The maximum absolute atomic E-state index is 14.2. The second kappa shape index (κ2) is 16.3. The number of nitrogens with one attached hydrogen (secondary N) is 2. The van der Waals surface area contributed by atoms with Crippen LogP contribution >= 0.6 is 23.1 Å². The van der Waals surface area contributed by atoms with E-state index in [2.05, 4.69) is 10.6 Å². The van der Waals surface area contributed by atoms with Crippen molar-refractivity contribution in [3.63, 3.8) is 0 Å². The average molecular weight is 732 g/mol. The lowest BCUT2D eigenvalue weighted by molar-refractivity contribution is -0.115. The second-order valence-corrected chi connectivity index (χ2v) is 14.8. The third-order valence-electron chi connectivity index (χ3n) is 7.77. The first-order valence-electron chi connectivity index (χ1n) is 16.4. The van der Waals surface area contributed by atoms with Crippen LogP contribution in [-0.4, -0.2) is 61.7 Å². The van der Waals surface area contributed by atoms with Crippen LogP contribution in [0.1, 0.15) is 69.7 Å². The highest BCUT2D eigenvalue weighted by Crippen LogP contribution is 2.41. The molecule has 2 heterocycles. The molecule has 3 amide bonds. The third kappa shape index (κ3) is 9.02. The predicted octanol–water partition coefficient (Wildman–Crippen LogP) is 7.96. The van der Waals surface area contributed by atoms with Gasteiger partial charge >= 0.3 is 12.1 Å². The number of anilines is 2. The van der Waals surface area contributed by atoms with Gasteiger partial charge in [0, 0.05) is 22.0 Å². The highest BCUT2D eigenvalue weighted by atomic mass is 32.2. The molecule has 1 aromatic heterocycles. The molecular formula is C38H41N3O8S2. The fraction of sp³-hybridized carbons (Fsp3) is 0.316. The molecule has 1 aliphatic rings. The van der Waals surface area contributed by atoms with Gasteiger partial charge < -0.3 is 34.5 Å². The van der Waals surface area contributed by atoms with Crippen molar-refractivity contribution in [1.29, 1.82) is 0 Å². The summed E-state index contributed by atoms with van der Waals surface area (Å²) in [6.07, 6.45) is -0.0311. The second-order valence-electron chi connectivity index (χ2n) is 12.5. The molecule has 0 radical (unpaired) electrons. The molecule has 268 valence electrons. The van der Waals surface area contributed by atoms with Crippen molar-refractivity contribution in [3.8, 4) is 11.5 Å². The van der Waals surface area contributed by atoms with Crippen molar-refractivity contribution < 1.29 is 38.1 Å². The Morgan fingerprint density at radius 2 is 1.59 bits per heavy atom. The van der Waals surface area contributed by atoms with E-state index in [1.54, 1.807) is 48.2 Å². The topological polar surface area (TPSA) is 132 Å². The lowest BCUT2D eigenvalue weighted by Crippen LogP contribution is -2.39. The number of thiophene rings is 1. The molecule has 0 aliphatic carbocycles. The van der Waals surface area contributed by atoms with Gasteiger partial charge in [0.05, 0.1) is 32.9 Å². The van der Waals surface area contributed by atoms with E-state index >= 15 is 0 Å². The number of hydrogen-bond acceptors (Lipinski definition) is 10. The lowest BCUT2D eigenvalue weighted by atomic mass is 10.0. The molecule has 51 heavy (non-hydrogen) atoms. The van der Waals surface area contributed by atoms with Crippen LogP contribution in [0.4, 0.5) is 15.5 Å². The van der Waals surface area contributed by atoms with Crippen molar-refractivity contribution in [2.24, 2.45) is 0 Å². The molecule has 13 heteroatoms. The minimum atomic E-state index is -0.737. The Hall–Kier alpha value is -5.01. The summed E-state index contributed by atoms with van der Waals surface area (Å²) in [7, 11) is 2.97. The van der Waals surface area contributed by atoms with E-state index in [1.807, 2.05) is 57.2 Å². The summed E-state index contributed by atoms with van der Waals surface area (Å²) < 4.78 is 21.8. The summed E-state index contributed by atoms with van der Waals surface area (Å²) in [6.45, 7) is 7.93. The molecule has 0 fully saturated rings. The fourth-order valence-electron chi connectivity index (χ4n) is 5.52. The van der Waals surface area contributed by atoms with Crippen molar-refractivity contribution >= 4 is 57.7 Å². The van der Waals surface area contributed by atoms with E-state index in [4.69, 9.17) is 18.9 Å². The molecular weight excluding hydrogens is 691 g/mol. The van der Waals surface area contributed by atoms with Crippen LogP contribution in [0, 0.1) is 0 Å². The number of fused-ring (bicyclic) bond motifs is 1. The van der Waals surface area contributed by atoms with E-state index in [0.29, 0.717) is 45.6 Å². The molecule has 0 saturated heterocycles. The van der Waals surface area contributed by atoms with Crippen LogP contribution in [0.2, 0.25) is 0 Å². The number of amides is 3. The first-order chi connectivity index (χ1) is 24.4. The number of rotatable bonds is 11. The lowest BCUT2D eigenvalue weighted by Gasteiger charge is -2.30. The zero-order chi connectivity index (χ0) is 36.7. The van der Waals surface area contributed by atoms with E-state index in [1.165, 1.54) is 37.3 Å². The predicted molar refractivity (Wildman–Crippen MR) is 198 cm³/mol. The molecule has 3 aromatic carbocycles. The van der Waals surface area contributed by atoms with Gasteiger partial charge in [0.15, 0.2) is 0 Å². The van der Waals surface area contributed by atoms with Crippen LogP contribution in [0.15, 0.2) is 77.7 Å². The van der Waals surface area contributed by atoms with Gasteiger partial charge in [-0.05, 0) is 75.6 Å². The third-order valence-corrected chi connectivity index (χ3v) is 10.1. The van der Waals surface area contributed by atoms with E-state index in [0.717, 1.165) is 16.0 Å². The van der Waals surface area contributed by atoms with Gasteiger partial charge in [0.1, 0.15) is 32.9 Å². The standard InChI is InChI=1S/C38H41N3O8S2/c1-7-48-36(44)30-26-19-20-41(37(45)49-38(2,3)4)22-29(26)51-35(30)40-34(43)32(23-13-9-8-10-14-23)50-25-16-11-15-24(21-25)39-33(42)31-27(46-5)17-12-18-28(31)47-6/h8-18,21,32H,7,19-20,22H2,1-6H3,(H,39,42)(H,40,43). The molecule has 1 aliphatic heterocycles. The summed E-state index contributed by atoms with van der Waals surface area (Å²) in [5, 5.41) is 5.57. The van der Waals surface area contributed by atoms with Crippen molar-refractivity contribution in [2.45, 2.75) is 56.4 Å². The Morgan fingerprint density at radius 3 is 2.24 bits per heavy atom. The minimum absolute atomic E-state index is 0.167. The number of hydrogen-bond donors (Lipinski definition) is 2. The summed E-state index contributed by atoms with van der Waals surface area (Å²) in [5.41, 5.74) is 1.92. The van der Waals surface area contributed by atoms with Crippen LogP contribution in [0.3, 0.4) is 0 Å². The van der Waals surface area contributed by atoms with E-state index in [9.17, 15) is 19.2 Å². The largest absolute Gasteiger partial charge is 0.496 e. The fourth-order valence-corrected chi connectivity index (χ4v) is 7.86. The highest BCUT2D eigenvalue weighted by molar-refractivity contribution is 8.00. The smallest absolute Gasteiger partial charge is 0.410 e. The number of methoxy groups -OCH3 is 2. The normalized spacial score (nSPS) is 13.0. The van der Waals surface area contributed by atoms with E-state index < -0.39 is 28.8 Å². The Kier molecular flexibility index (Phi) is 11.9. The number of esters is 1. The van der Waals surface area contributed by atoms with Gasteiger partial charge in [0.2, 0.25) is 5.91 Å². The minimum Gasteiger partial charge on any atom is -0.496 e. The zero-order valence-electron chi connectivity index (χ0n) is 29.4. The highest BCUT2D eigenvalue weighted by Gasteiger charge is 2.34. The number of thioether (sulfide) groups is 1. The van der Waals surface area contributed by atoms with Gasteiger partial charge in [-0.3, -0.25) is 9.59 Å². The molecule has 1 atom stereocenters. The van der Waals surface area contributed by atoms with Gasteiger partial charge in [-0.15, -0.1) is 23.1 Å². The molecule has 0 spiro atoms. The molecule has 0 saturated carbocycles. The summed E-state index contributed by atoms with van der Waals surface area (Å²) in [6, 6.07) is 21.6. The van der Waals surface area contributed by atoms with Gasteiger partial charge in [-0.2, -0.15) is 0 Å². The Labute approximate surface area is 305 Å². The Morgan fingerprint density at radius 1 is 0.902 bits per heavy atom. The van der Waals surface area contributed by atoms with Gasteiger partial charge in [-0.25, -0.2) is 9.59 Å². The Balaban J connectivity index is 1.41. The van der Waals surface area contributed by atoms with Crippen LogP contribution in [0.25, 0.3) is 0 Å². The monoisotopic (exact) mass is 731 g/mol. The maximum Gasteiger partial charge on any atom is 0.410 e. The van der Waals surface area contributed by atoms with Crippen LogP contribution < -0.4 is 20.1 Å². The van der Waals surface area contributed by atoms with E-state index in [-0.39, 0.29) is 24.6 Å². The van der Waals surface area contributed by atoms with Crippen molar-refractivity contribution in [3.05, 3.63) is 99.9 Å². The number of benzene rings is 3. The number of carbonyl (C=O) groups excluding carboxylic acids is 4. The summed E-state index contributed by atoms with van der Waals surface area (Å²) in [4.78, 5) is 56.9. The molecule has 2 N–H and O–H groups in total. The van der Waals surface area contributed by atoms with Crippen molar-refractivity contribution in [2.75, 3.05) is 38.0 Å². The average Bonchev–Trinajstić information content (AvgIpc) is 3.47. The van der Waals surface area contributed by atoms with Gasteiger partial charge in [-0.1, -0.05) is 42.5 Å². The summed E-state index contributed by atoms with van der Waals surface area (Å²) >= 11 is 2.55. The quantitative estimate of drug-likeness (QED) is 0.116. The molecule has 5 rings (SSSR count). The summed E-state index contributed by atoms with van der Waals surface area (Å²) in [5.74, 6) is -0.564. The van der Waals surface area contributed by atoms with Crippen LogP contribution in [0.5, 0.6) is 11.5 Å². The molecule has 1 unspecified atom stereocenters. The molecule has 0 bridgehead atoms. The Bertz CT molecular complexity index is 1880. The number of carbonyl (C=O) groups is 4. The first-order valence-corrected chi connectivity index (χ1v) is 18.1. The van der Waals surface area contributed by atoms with Gasteiger partial charge in [0.25, 0.3) is 5.91 Å². The van der Waals surface area contributed by atoms with Crippen LogP contribution in [-0.2, 0) is 27.2 Å². The number of nitrogens with zero attached hydrogens (tertiary/aromatic N) is 1. The van der Waals surface area contributed by atoms with Crippen molar-refractivity contribution in [1.82, 2.24) is 4.90 Å². The first kappa shape index (κ1) is 37.3. The zero-order valence-corrected chi connectivity index (χ0v) is 31.0. The maximum atomic E-state index is 14.2.